The predicted octanol–water partition coefficient (Wildman–Crippen LogP) is 3.10. The van der Waals surface area contributed by atoms with Gasteiger partial charge in [0.15, 0.2) is 6.10 Å². The Morgan fingerprint density at radius 1 is 1.38 bits per heavy atom. The van der Waals surface area contributed by atoms with Crippen molar-refractivity contribution in [1.82, 2.24) is 10.2 Å². The van der Waals surface area contributed by atoms with Crippen LogP contribution in [0.25, 0.3) is 0 Å². The van der Waals surface area contributed by atoms with E-state index >= 15 is 0 Å². The molecule has 4 nitrogen and oxygen atoms in total. The van der Waals surface area contributed by atoms with Crippen molar-refractivity contribution in [3.8, 4) is 5.75 Å². The number of hydrogen-bond acceptors (Lipinski definition) is 3. The highest BCUT2D eigenvalue weighted by Crippen LogP contribution is 2.36. The van der Waals surface area contributed by atoms with Gasteiger partial charge in [-0.2, -0.15) is 13.2 Å². The van der Waals surface area contributed by atoms with Crippen molar-refractivity contribution in [3.63, 3.8) is 0 Å². The zero-order valence-electron chi connectivity index (χ0n) is 13.6. The van der Waals surface area contributed by atoms with Gasteiger partial charge in [0.05, 0.1) is 5.56 Å². The van der Waals surface area contributed by atoms with Gasteiger partial charge >= 0.3 is 6.18 Å². The summed E-state index contributed by atoms with van der Waals surface area (Å²) in [7, 11) is 1.83. The van der Waals surface area contributed by atoms with E-state index in [4.69, 9.17) is 4.74 Å². The van der Waals surface area contributed by atoms with Gasteiger partial charge in [-0.1, -0.05) is 12.1 Å². The quantitative estimate of drug-likeness (QED) is 0.890. The molecule has 1 aliphatic rings. The van der Waals surface area contributed by atoms with Gasteiger partial charge in [0, 0.05) is 19.1 Å². The molecule has 2 rings (SSSR count). The second-order valence-corrected chi connectivity index (χ2v) is 5.67. The van der Waals surface area contributed by atoms with Crippen LogP contribution in [-0.4, -0.2) is 43.1 Å². The number of nitrogens with zero attached hydrogens (tertiary/aromatic N) is 1. The molecule has 1 amide bonds. The summed E-state index contributed by atoms with van der Waals surface area (Å²) in [5.41, 5.74) is -0.869. The van der Waals surface area contributed by atoms with Crippen molar-refractivity contribution in [2.75, 3.05) is 20.1 Å². The van der Waals surface area contributed by atoms with E-state index in [1.807, 2.05) is 7.05 Å². The van der Waals surface area contributed by atoms with Gasteiger partial charge in [0.25, 0.3) is 5.91 Å². The highest BCUT2D eigenvalue weighted by molar-refractivity contribution is 5.85. The molecule has 1 fully saturated rings. The molecule has 0 aliphatic carbocycles. The van der Waals surface area contributed by atoms with Crippen molar-refractivity contribution < 1.29 is 22.7 Å². The zero-order chi connectivity index (χ0) is 17.0. The minimum absolute atomic E-state index is 0. The van der Waals surface area contributed by atoms with E-state index in [-0.39, 0.29) is 30.1 Å². The first kappa shape index (κ1) is 20.6. The van der Waals surface area contributed by atoms with E-state index < -0.39 is 17.8 Å². The lowest BCUT2D eigenvalue weighted by Crippen LogP contribution is -2.50. The first-order valence-corrected chi connectivity index (χ1v) is 7.62. The van der Waals surface area contributed by atoms with E-state index in [9.17, 15) is 18.0 Å². The number of halogens is 4. The van der Waals surface area contributed by atoms with Gasteiger partial charge in [-0.15, -0.1) is 12.4 Å². The van der Waals surface area contributed by atoms with Crippen LogP contribution >= 0.6 is 12.4 Å². The number of likely N-dealkylation sites (tertiary alicyclic amines) is 1. The number of benzene rings is 1. The summed E-state index contributed by atoms with van der Waals surface area (Å²) in [5, 5.41) is 3.12. The van der Waals surface area contributed by atoms with E-state index in [1.54, 1.807) is 4.90 Å². The number of likely N-dealkylation sites (N-methyl/N-ethyl adjacent to an activating group) is 1. The highest BCUT2D eigenvalue weighted by atomic mass is 35.5. The molecule has 1 N–H and O–H groups in total. The van der Waals surface area contributed by atoms with Crippen LogP contribution < -0.4 is 10.1 Å². The number of nitrogens with one attached hydrogen (secondary N) is 1. The highest BCUT2D eigenvalue weighted by Gasteiger charge is 2.35. The van der Waals surface area contributed by atoms with Gasteiger partial charge in [0.2, 0.25) is 0 Å². The smallest absolute Gasteiger partial charge is 0.419 e. The zero-order valence-corrected chi connectivity index (χ0v) is 14.4. The SMILES string of the molecule is CNC1CCCN(C(=O)C(C)Oc2ccccc2C(F)(F)F)C1.Cl. The maximum absolute atomic E-state index is 13.0. The van der Waals surface area contributed by atoms with Crippen LogP contribution in [0.15, 0.2) is 24.3 Å². The molecule has 0 spiro atoms. The van der Waals surface area contributed by atoms with Crippen molar-refractivity contribution in [2.24, 2.45) is 0 Å². The Morgan fingerprint density at radius 2 is 2.04 bits per heavy atom. The predicted molar refractivity (Wildman–Crippen MR) is 87.4 cm³/mol. The van der Waals surface area contributed by atoms with Gasteiger partial charge in [-0.25, -0.2) is 0 Å². The molecule has 1 aromatic rings. The van der Waals surface area contributed by atoms with Crippen LogP contribution in [0.3, 0.4) is 0 Å². The number of hydrogen-bond donors (Lipinski definition) is 1. The fourth-order valence-electron chi connectivity index (χ4n) is 2.71. The standard InChI is InChI=1S/C16H21F3N2O2.ClH/c1-11(15(22)21-9-5-6-12(10-21)20-2)23-14-8-4-3-7-13(14)16(17,18)19;/h3-4,7-8,11-12,20H,5-6,9-10H2,1-2H3;1H. The van der Waals surface area contributed by atoms with Crippen molar-refractivity contribution >= 4 is 18.3 Å². The molecular weight excluding hydrogens is 345 g/mol. The Hall–Kier alpha value is -1.47. The maximum atomic E-state index is 13.0. The lowest BCUT2D eigenvalue weighted by molar-refractivity contribution is -0.144. The first-order valence-electron chi connectivity index (χ1n) is 7.62. The number of carbonyl (C=O) groups is 1. The minimum Gasteiger partial charge on any atom is -0.480 e. The summed E-state index contributed by atoms with van der Waals surface area (Å²) in [5.74, 6) is -0.607. The van der Waals surface area contributed by atoms with Gasteiger partial charge < -0.3 is 15.0 Å². The number of ether oxygens (including phenoxy) is 1. The van der Waals surface area contributed by atoms with Gasteiger partial charge in [0.1, 0.15) is 5.75 Å². The Balaban J connectivity index is 0.00000288. The third kappa shape index (κ3) is 5.01. The lowest BCUT2D eigenvalue weighted by atomic mass is 10.1. The monoisotopic (exact) mass is 366 g/mol. The van der Waals surface area contributed by atoms with Gasteiger partial charge in [-0.05, 0) is 38.9 Å². The Kier molecular flexibility index (Phi) is 7.35. The normalized spacial score (nSPS) is 19.4. The Labute approximate surface area is 145 Å². The summed E-state index contributed by atoms with van der Waals surface area (Å²) < 4.78 is 44.2. The summed E-state index contributed by atoms with van der Waals surface area (Å²) >= 11 is 0. The number of alkyl halides is 3. The molecule has 0 saturated carbocycles. The fourth-order valence-corrected chi connectivity index (χ4v) is 2.71. The molecule has 2 atom stereocenters. The summed E-state index contributed by atoms with van der Waals surface area (Å²) in [6, 6.07) is 5.15. The van der Waals surface area contributed by atoms with Crippen LogP contribution in [0.2, 0.25) is 0 Å². The number of carbonyl (C=O) groups excluding carboxylic acids is 1. The van der Waals surface area contributed by atoms with Crippen LogP contribution in [0, 0.1) is 0 Å². The number of rotatable bonds is 4. The van der Waals surface area contributed by atoms with E-state index in [0.717, 1.165) is 18.9 Å². The Bertz CT molecular complexity index is 554. The molecule has 0 radical (unpaired) electrons. The molecule has 1 heterocycles. The van der Waals surface area contributed by atoms with Crippen molar-refractivity contribution in [1.29, 1.82) is 0 Å². The van der Waals surface area contributed by atoms with Crippen LogP contribution in [0.5, 0.6) is 5.75 Å². The topological polar surface area (TPSA) is 41.6 Å². The summed E-state index contributed by atoms with van der Waals surface area (Å²) in [4.78, 5) is 14.1. The van der Waals surface area contributed by atoms with E-state index in [2.05, 4.69) is 5.32 Å². The molecule has 1 aromatic carbocycles. The lowest BCUT2D eigenvalue weighted by Gasteiger charge is -2.34. The van der Waals surface area contributed by atoms with Crippen molar-refractivity contribution in [3.05, 3.63) is 29.8 Å². The number of amides is 1. The average molecular weight is 367 g/mol. The second kappa shape index (κ2) is 8.58. The molecule has 1 saturated heterocycles. The minimum atomic E-state index is -4.51. The largest absolute Gasteiger partial charge is 0.480 e. The molecule has 24 heavy (non-hydrogen) atoms. The molecule has 8 heteroatoms. The van der Waals surface area contributed by atoms with Gasteiger partial charge in [-0.3, -0.25) is 4.79 Å². The molecule has 0 aromatic heterocycles. The third-order valence-corrected chi connectivity index (χ3v) is 3.99. The molecule has 1 aliphatic heterocycles. The number of piperidine rings is 1. The summed E-state index contributed by atoms with van der Waals surface area (Å²) in [6.07, 6.45) is -3.63. The average Bonchev–Trinajstić information content (AvgIpc) is 2.53. The summed E-state index contributed by atoms with van der Waals surface area (Å²) in [6.45, 7) is 2.63. The van der Waals surface area contributed by atoms with E-state index in [0.29, 0.717) is 13.1 Å². The third-order valence-electron chi connectivity index (χ3n) is 3.99. The van der Waals surface area contributed by atoms with Crippen molar-refractivity contribution in [2.45, 2.75) is 38.1 Å². The molecule has 136 valence electrons. The second-order valence-electron chi connectivity index (χ2n) is 5.67. The number of para-hydroxylation sites is 1. The molecule has 0 bridgehead atoms. The van der Waals surface area contributed by atoms with Crippen LogP contribution in [-0.2, 0) is 11.0 Å². The first-order chi connectivity index (χ1) is 10.8. The maximum Gasteiger partial charge on any atom is 0.419 e. The van der Waals surface area contributed by atoms with Crippen LogP contribution in [0.4, 0.5) is 13.2 Å². The molecule has 2 unspecified atom stereocenters. The fraction of sp³-hybridized carbons (Fsp3) is 0.562. The van der Waals surface area contributed by atoms with Crippen LogP contribution in [0.1, 0.15) is 25.3 Å². The molecular formula is C16H22ClF3N2O2. The Morgan fingerprint density at radius 3 is 2.67 bits per heavy atom. The van der Waals surface area contributed by atoms with E-state index in [1.165, 1.54) is 25.1 Å².